The van der Waals surface area contributed by atoms with Crippen LogP contribution in [0.5, 0.6) is 5.75 Å². The highest BCUT2D eigenvalue weighted by molar-refractivity contribution is 6.08. The number of amides is 3. The number of rotatable bonds is 6. The Kier molecular flexibility index (Phi) is 5.82. The van der Waals surface area contributed by atoms with Gasteiger partial charge in [0.1, 0.15) is 36.9 Å². The largest absolute Gasteiger partial charge is 0.490 e. The molecule has 3 rings (SSSR count). The number of nitrogens with zero attached hydrogens (tertiary/aromatic N) is 1. The summed E-state index contributed by atoms with van der Waals surface area (Å²) < 4.78 is 23.3. The van der Waals surface area contributed by atoms with Crippen LogP contribution in [-0.2, 0) is 14.3 Å². The fraction of sp³-hybridized carbons (Fsp3) is 0.571. The van der Waals surface area contributed by atoms with Gasteiger partial charge in [-0.15, -0.1) is 0 Å². The molecule has 2 fully saturated rings. The zero-order chi connectivity index (χ0) is 21.2. The Morgan fingerprint density at radius 2 is 1.90 bits per heavy atom. The smallest absolute Gasteiger partial charge is 0.326 e. The average Bonchev–Trinajstić information content (AvgIpc) is 2.82. The van der Waals surface area contributed by atoms with Crippen LogP contribution in [0.3, 0.4) is 0 Å². The van der Waals surface area contributed by atoms with Crippen LogP contribution in [0, 0.1) is 17.2 Å². The van der Waals surface area contributed by atoms with E-state index in [4.69, 9.17) is 9.47 Å². The molecule has 29 heavy (non-hydrogen) atoms. The molecular weight excluding hydrogens is 379 g/mol. The summed E-state index contributed by atoms with van der Waals surface area (Å²) in [7, 11) is 0. The van der Waals surface area contributed by atoms with E-state index in [1.165, 1.54) is 24.3 Å². The molecule has 1 aromatic rings. The lowest BCUT2D eigenvalue weighted by molar-refractivity contribution is -0.149. The van der Waals surface area contributed by atoms with Gasteiger partial charge in [0.2, 0.25) is 0 Å². The van der Waals surface area contributed by atoms with Crippen molar-refractivity contribution in [2.24, 2.45) is 11.3 Å². The minimum atomic E-state index is -0.940. The number of imide groups is 1. The van der Waals surface area contributed by atoms with E-state index in [9.17, 15) is 18.8 Å². The molecule has 1 saturated heterocycles. The second-order valence-corrected chi connectivity index (χ2v) is 8.78. The number of esters is 1. The minimum absolute atomic E-state index is 0.0466. The van der Waals surface area contributed by atoms with Crippen LogP contribution >= 0.6 is 0 Å². The zero-order valence-electron chi connectivity index (χ0n) is 17.0. The van der Waals surface area contributed by atoms with Crippen LogP contribution in [0.15, 0.2) is 24.3 Å². The van der Waals surface area contributed by atoms with Crippen molar-refractivity contribution in [1.82, 2.24) is 10.2 Å². The standard InChI is InChI=1S/C21H27FN2O5/c1-14-10-20(2,3)13-21(11-14)18(26)24(19(27)23-21)12-17(25)29-9-8-28-16-6-4-15(22)5-7-16/h4-7,14H,8-13H2,1-3H3,(H,23,27)/t14-,21-/m1/s1. The molecule has 8 heteroatoms. The van der Waals surface area contributed by atoms with E-state index in [2.05, 4.69) is 26.1 Å². The Bertz CT molecular complexity index is 795. The molecular formula is C21H27FN2O5. The topological polar surface area (TPSA) is 84.9 Å². The SMILES string of the molecule is C[C@@H]1CC(C)(C)C[C@@]2(C1)NC(=O)N(CC(=O)OCCOc1ccc(F)cc1)C2=O. The molecule has 1 spiro atoms. The number of halogens is 1. The maximum atomic E-state index is 13.0. The first-order valence-electron chi connectivity index (χ1n) is 9.78. The normalized spacial score (nSPS) is 25.8. The fourth-order valence-corrected chi connectivity index (χ4v) is 4.67. The monoisotopic (exact) mass is 406 g/mol. The maximum Gasteiger partial charge on any atom is 0.326 e. The summed E-state index contributed by atoms with van der Waals surface area (Å²) in [5.74, 6) is -0.671. The van der Waals surface area contributed by atoms with Gasteiger partial charge in [0.15, 0.2) is 0 Å². The molecule has 0 unspecified atom stereocenters. The van der Waals surface area contributed by atoms with Gasteiger partial charge in [-0.3, -0.25) is 14.5 Å². The number of urea groups is 1. The summed E-state index contributed by atoms with van der Waals surface area (Å²) in [6.07, 6.45) is 2.10. The van der Waals surface area contributed by atoms with E-state index >= 15 is 0 Å². The van der Waals surface area contributed by atoms with Crippen LogP contribution in [-0.4, -0.2) is 48.1 Å². The molecule has 7 nitrogen and oxygen atoms in total. The van der Waals surface area contributed by atoms with Crippen LogP contribution in [0.25, 0.3) is 0 Å². The number of carbonyl (C=O) groups is 3. The van der Waals surface area contributed by atoms with Crippen LogP contribution in [0.2, 0.25) is 0 Å². The minimum Gasteiger partial charge on any atom is -0.490 e. The van der Waals surface area contributed by atoms with Gasteiger partial charge in [-0.2, -0.15) is 0 Å². The number of hydrogen-bond donors (Lipinski definition) is 1. The summed E-state index contributed by atoms with van der Waals surface area (Å²) in [5.41, 5.74) is -1.01. The van der Waals surface area contributed by atoms with Gasteiger partial charge in [-0.25, -0.2) is 9.18 Å². The number of benzene rings is 1. The fourth-order valence-electron chi connectivity index (χ4n) is 4.67. The number of carbonyl (C=O) groups excluding carboxylic acids is 3. The lowest BCUT2D eigenvalue weighted by atomic mass is 9.64. The van der Waals surface area contributed by atoms with Crippen molar-refractivity contribution in [2.75, 3.05) is 19.8 Å². The van der Waals surface area contributed by atoms with Crippen molar-refractivity contribution in [3.63, 3.8) is 0 Å². The highest BCUT2D eigenvalue weighted by atomic mass is 19.1. The first kappa shape index (κ1) is 21.1. The van der Waals surface area contributed by atoms with Crippen LogP contribution in [0.1, 0.15) is 40.0 Å². The summed E-state index contributed by atoms with van der Waals surface area (Å²) >= 11 is 0. The molecule has 2 aliphatic rings. The maximum absolute atomic E-state index is 13.0. The van der Waals surface area contributed by atoms with Crippen molar-refractivity contribution in [2.45, 2.75) is 45.6 Å². The van der Waals surface area contributed by atoms with Gasteiger partial charge in [0.25, 0.3) is 5.91 Å². The van der Waals surface area contributed by atoms with Crippen molar-refractivity contribution < 1.29 is 28.2 Å². The second kappa shape index (κ2) is 8.00. The molecule has 1 heterocycles. The quantitative estimate of drug-likeness (QED) is 0.446. The predicted molar refractivity (Wildman–Crippen MR) is 103 cm³/mol. The van der Waals surface area contributed by atoms with Gasteiger partial charge >= 0.3 is 12.0 Å². The average molecular weight is 406 g/mol. The number of ether oxygens (including phenoxy) is 2. The molecule has 1 aliphatic carbocycles. The molecule has 0 aromatic heterocycles. The van der Waals surface area contributed by atoms with E-state index in [1.807, 2.05) is 0 Å². The van der Waals surface area contributed by atoms with Gasteiger partial charge in [-0.1, -0.05) is 20.8 Å². The van der Waals surface area contributed by atoms with E-state index in [-0.39, 0.29) is 30.4 Å². The molecule has 1 N–H and O–H groups in total. The Labute approximate surface area is 169 Å². The van der Waals surface area contributed by atoms with Crippen LogP contribution in [0.4, 0.5) is 9.18 Å². The summed E-state index contributed by atoms with van der Waals surface area (Å²) in [6.45, 7) is 5.84. The number of hydrogen-bond acceptors (Lipinski definition) is 5. The molecule has 0 radical (unpaired) electrons. The van der Waals surface area contributed by atoms with Crippen LogP contribution < -0.4 is 10.1 Å². The second-order valence-electron chi connectivity index (χ2n) is 8.78. The van der Waals surface area contributed by atoms with E-state index in [0.29, 0.717) is 24.5 Å². The highest BCUT2D eigenvalue weighted by Gasteiger charge is 2.56. The predicted octanol–water partition coefficient (Wildman–Crippen LogP) is 2.88. The molecule has 2 atom stereocenters. The van der Waals surface area contributed by atoms with Gasteiger partial charge in [0.05, 0.1) is 0 Å². The first-order chi connectivity index (χ1) is 13.6. The zero-order valence-corrected chi connectivity index (χ0v) is 17.0. The van der Waals surface area contributed by atoms with Gasteiger partial charge in [0, 0.05) is 0 Å². The first-order valence-corrected chi connectivity index (χ1v) is 9.78. The third kappa shape index (κ3) is 4.86. The Balaban J connectivity index is 1.50. The Morgan fingerprint density at radius 3 is 2.55 bits per heavy atom. The molecule has 3 amide bonds. The molecule has 1 saturated carbocycles. The molecule has 0 bridgehead atoms. The lowest BCUT2D eigenvalue weighted by Gasteiger charge is -2.43. The van der Waals surface area contributed by atoms with E-state index in [0.717, 1.165) is 11.3 Å². The van der Waals surface area contributed by atoms with Gasteiger partial charge < -0.3 is 14.8 Å². The third-order valence-electron chi connectivity index (χ3n) is 5.34. The van der Waals surface area contributed by atoms with Crippen molar-refractivity contribution in [1.29, 1.82) is 0 Å². The van der Waals surface area contributed by atoms with Crippen molar-refractivity contribution in [3.8, 4) is 5.75 Å². The lowest BCUT2D eigenvalue weighted by Crippen LogP contribution is -2.54. The van der Waals surface area contributed by atoms with E-state index < -0.39 is 24.1 Å². The van der Waals surface area contributed by atoms with Crippen molar-refractivity contribution >= 4 is 17.9 Å². The van der Waals surface area contributed by atoms with E-state index in [1.54, 1.807) is 0 Å². The molecule has 1 aromatic carbocycles. The molecule has 1 aliphatic heterocycles. The summed E-state index contributed by atoms with van der Waals surface area (Å²) in [6, 6.07) is 4.91. The summed E-state index contributed by atoms with van der Waals surface area (Å²) in [4.78, 5) is 38.4. The Hall–Kier alpha value is -2.64. The summed E-state index contributed by atoms with van der Waals surface area (Å²) in [5, 5.41) is 2.83. The number of nitrogens with one attached hydrogen (secondary N) is 1. The highest BCUT2D eigenvalue weighted by Crippen LogP contribution is 2.46. The van der Waals surface area contributed by atoms with Gasteiger partial charge in [-0.05, 0) is 54.9 Å². The molecule has 158 valence electrons. The Morgan fingerprint density at radius 1 is 1.21 bits per heavy atom. The van der Waals surface area contributed by atoms with Crippen molar-refractivity contribution in [3.05, 3.63) is 30.1 Å². The third-order valence-corrected chi connectivity index (χ3v) is 5.34.